The number of nitrogens with one attached hydrogen (secondary N) is 1. The zero-order valence-electron chi connectivity index (χ0n) is 12.6. The highest BCUT2D eigenvalue weighted by atomic mass is 79.9. The summed E-state index contributed by atoms with van der Waals surface area (Å²) in [5.74, 6) is 0.256. The maximum Gasteiger partial charge on any atom is 0.224 e. The molecule has 5 heteroatoms. The minimum Gasteiger partial charge on any atom is -0.316 e. The Labute approximate surface area is 140 Å². The van der Waals surface area contributed by atoms with E-state index in [0.29, 0.717) is 6.42 Å². The first-order chi connectivity index (χ1) is 9.58. The molecule has 118 valence electrons. The highest BCUT2D eigenvalue weighted by Gasteiger charge is 2.36. The minimum absolute atomic E-state index is 0.256. The molecule has 0 spiro atoms. The Balaban J connectivity index is 2.08. The number of hydrogen-bond acceptors (Lipinski definition) is 2. The first-order valence-electron chi connectivity index (χ1n) is 7.97. The molecule has 0 aromatic rings. The summed E-state index contributed by atoms with van der Waals surface area (Å²) in [6, 6.07) is 0. The van der Waals surface area contributed by atoms with Crippen LogP contribution >= 0.6 is 31.9 Å². The second-order valence-corrected chi connectivity index (χ2v) is 9.30. The average Bonchev–Trinajstić information content (AvgIpc) is 2.41. The zero-order chi connectivity index (χ0) is 14.8. The van der Waals surface area contributed by atoms with Gasteiger partial charge in [0.15, 0.2) is 3.36 Å². The Hall–Kier alpha value is 0.390. The summed E-state index contributed by atoms with van der Waals surface area (Å²) >= 11 is 7.15. The molecule has 3 nitrogen and oxygen atoms in total. The third kappa shape index (κ3) is 6.90. The second-order valence-electron chi connectivity index (χ2n) is 5.61. The summed E-state index contributed by atoms with van der Waals surface area (Å²) in [5, 5.41) is 3.27. The van der Waals surface area contributed by atoms with Crippen LogP contribution in [0, 0.1) is 0 Å². The van der Waals surface area contributed by atoms with Crippen LogP contribution in [0.4, 0.5) is 0 Å². The van der Waals surface area contributed by atoms with Crippen molar-refractivity contribution < 1.29 is 4.79 Å². The quantitative estimate of drug-likeness (QED) is 0.346. The van der Waals surface area contributed by atoms with Crippen molar-refractivity contribution >= 4 is 37.8 Å². The summed E-state index contributed by atoms with van der Waals surface area (Å²) in [6.45, 7) is 4.64. The largest absolute Gasteiger partial charge is 0.316 e. The van der Waals surface area contributed by atoms with Crippen LogP contribution in [0.5, 0.6) is 0 Å². The standard InChI is InChI=1S/C15H28Br2N2O/c1-2-3-4-5-6-7-8-9-10-14(20)19-12-11-18-13-15(19,16)17/h18H,2-13H2,1H3. The van der Waals surface area contributed by atoms with Gasteiger partial charge in [-0.15, -0.1) is 0 Å². The van der Waals surface area contributed by atoms with Crippen molar-refractivity contribution in [3.63, 3.8) is 0 Å². The lowest BCUT2D eigenvalue weighted by Crippen LogP contribution is -2.56. The van der Waals surface area contributed by atoms with Gasteiger partial charge in [0.05, 0.1) is 0 Å². The predicted octanol–water partition coefficient (Wildman–Crippen LogP) is 4.39. The van der Waals surface area contributed by atoms with Gasteiger partial charge in [0.25, 0.3) is 0 Å². The van der Waals surface area contributed by atoms with Crippen LogP contribution in [0.3, 0.4) is 0 Å². The molecular weight excluding hydrogens is 384 g/mol. The lowest BCUT2D eigenvalue weighted by atomic mass is 10.1. The Morgan fingerprint density at radius 1 is 1.10 bits per heavy atom. The number of halogens is 2. The van der Waals surface area contributed by atoms with Crippen molar-refractivity contribution in [3.8, 4) is 0 Å². The second kappa shape index (κ2) is 10.2. The number of piperazine rings is 1. The highest BCUT2D eigenvalue weighted by molar-refractivity contribution is 9.25. The predicted molar refractivity (Wildman–Crippen MR) is 92.4 cm³/mol. The fourth-order valence-electron chi connectivity index (χ4n) is 2.54. The third-order valence-electron chi connectivity index (χ3n) is 3.79. The average molecular weight is 412 g/mol. The van der Waals surface area contributed by atoms with Crippen LogP contribution < -0.4 is 5.32 Å². The summed E-state index contributed by atoms with van der Waals surface area (Å²) < 4.78 is -0.393. The molecule has 1 heterocycles. The molecule has 20 heavy (non-hydrogen) atoms. The van der Waals surface area contributed by atoms with Crippen LogP contribution in [0.1, 0.15) is 64.7 Å². The van der Waals surface area contributed by atoms with E-state index in [0.717, 1.165) is 26.1 Å². The van der Waals surface area contributed by atoms with Gasteiger partial charge in [-0.25, -0.2) is 0 Å². The lowest BCUT2D eigenvalue weighted by Gasteiger charge is -2.39. The first kappa shape index (κ1) is 18.4. The van der Waals surface area contributed by atoms with Crippen molar-refractivity contribution in [2.24, 2.45) is 0 Å². The summed E-state index contributed by atoms with van der Waals surface area (Å²) in [5.41, 5.74) is 0. The molecule has 0 atom stereocenters. The molecule has 1 fully saturated rings. The number of hydrogen-bond donors (Lipinski definition) is 1. The van der Waals surface area contributed by atoms with E-state index in [1.54, 1.807) is 0 Å². The Morgan fingerprint density at radius 3 is 2.30 bits per heavy atom. The fraction of sp³-hybridized carbons (Fsp3) is 0.933. The molecule has 1 N–H and O–H groups in total. The molecule has 0 aromatic heterocycles. The monoisotopic (exact) mass is 410 g/mol. The van der Waals surface area contributed by atoms with Crippen LogP contribution in [0.15, 0.2) is 0 Å². The Morgan fingerprint density at radius 2 is 1.70 bits per heavy atom. The molecular formula is C15H28Br2N2O. The van der Waals surface area contributed by atoms with E-state index in [-0.39, 0.29) is 5.91 Å². The van der Waals surface area contributed by atoms with E-state index in [4.69, 9.17) is 0 Å². The minimum atomic E-state index is -0.393. The van der Waals surface area contributed by atoms with Crippen LogP contribution in [0.2, 0.25) is 0 Å². The molecule has 0 radical (unpaired) electrons. The van der Waals surface area contributed by atoms with Gasteiger partial charge >= 0.3 is 0 Å². The first-order valence-corrected chi connectivity index (χ1v) is 9.55. The fourth-order valence-corrected chi connectivity index (χ4v) is 3.69. The van der Waals surface area contributed by atoms with Gasteiger partial charge < -0.3 is 10.2 Å². The molecule has 0 aliphatic carbocycles. The zero-order valence-corrected chi connectivity index (χ0v) is 15.8. The van der Waals surface area contributed by atoms with E-state index in [1.165, 1.54) is 44.9 Å². The molecule has 1 rings (SSSR count). The van der Waals surface area contributed by atoms with E-state index < -0.39 is 3.36 Å². The Bertz CT molecular complexity index is 285. The molecule has 1 aliphatic rings. The van der Waals surface area contributed by atoms with Gasteiger partial charge in [0.1, 0.15) is 0 Å². The van der Waals surface area contributed by atoms with Crippen molar-refractivity contribution in [1.29, 1.82) is 0 Å². The maximum atomic E-state index is 12.2. The molecule has 0 bridgehead atoms. The van der Waals surface area contributed by atoms with Crippen molar-refractivity contribution in [2.75, 3.05) is 19.6 Å². The number of alkyl halides is 2. The number of rotatable bonds is 9. The van der Waals surface area contributed by atoms with Crippen molar-refractivity contribution in [3.05, 3.63) is 0 Å². The van der Waals surface area contributed by atoms with Crippen LogP contribution in [-0.4, -0.2) is 33.8 Å². The molecule has 0 saturated carbocycles. The summed E-state index contributed by atoms with van der Waals surface area (Å²) in [6.07, 6.45) is 10.9. The van der Waals surface area contributed by atoms with Gasteiger partial charge in [-0.05, 0) is 38.3 Å². The third-order valence-corrected chi connectivity index (χ3v) is 5.21. The number of unbranched alkanes of at least 4 members (excludes halogenated alkanes) is 7. The van der Waals surface area contributed by atoms with Crippen LogP contribution in [0.25, 0.3) is 0 Å². The van der Waals surface area contributed by atoms with Crippen molar-refractivity contribution in [2.45, 2.75) is 68.1 Å². The van der Waals surface area contributed by atoms with E-state index in [2.05, 4.69) is 44.1 Å². The number of carbonyl (C=O) groups excluding carboxylic acids is 1. The van der Waals surface area contributed by atoms with E-state index in [1.807, 2.05) is 4.90 Å². The summed E-state index contributed by atoms with van der Waals surface area (Å²) in [4.78, 5) is 14.1. The van der Waals surface area contributed by atoms with Gasteiger partial charge in [0.2, 0.25) is 5.91 Å². The van der Waals surface area contributed by atoms with Gasteiger partial charge in [-0.2, -0.15) is 0 Å². The molecule has 0 unspecified atom stereocenters. The number of nitrogens with zero attached hydrogens (tertiary/aromatic N) is 1. The van der Waals surface area contributed by atoms with Gasteiger partial charge in [0, 0.05) is 26.1 Å². The topological polar surface area (TPSA) is 32.3 Å². The molecule has 1 saturated heterocycles. The highest BCUT2D eigenvalue weighted by Crippen LogP contribution is 2.32. The SMILES string of the molecule is CCCCCCCCCCC(=O)N1CCNCC1(Br)Br. The molecule has 0 aromatic carbocycles. The number of carbonyl (C=O) groups is 1. The van der Waals surface area contributed by atoms with Crippen LogP contribution in [-0.2, 0) is 4.79 Å². The number of amides is 1. The van der Waals surface area contributed by atoms with E-state index in [9.17, 15) is 4.79 Å². The molecule has 1 aliphatic heterocycles. The maximum absolute atomic E-state index is 12.2. The normalized spacial score (nSPS) is 18.2. The van der Waals surface area contributed by atoms with Crippen molar-refractivity contribution in [1.82, 2.24) is 10.2 Å². The molecule has 1 amide bonds. The Kier molecular flexibility index (Phi) is 9.38. The van der Waals surface area contributed by atoms with Gasteiger partial charge in [-0.3, -0.25) is 4.79 Å². The smallest absolute Gasteiger partial charge is 0.224 e. The lowest BCUT2D eigenvalue weighted by molar-refractivity contribution is -0.133. The van der Waals surface area contributed by atoms with E-state index >= 15 is 0 Å². The van der Waals surface area contributed by atoms with Gasteiger partial charge in [-0.1, -0.05) is 51.9 Å². The summed E-state index contributed by atoms with van der Waals surface area (Å²) in [7, 11) is 0.